The maximum atomic E-state index is 11.7. The molecule has 0 bridgehead atoms. The van der Waals surface area contributed by atoms with E-state index in [1.807, 2.05) is 12.1 Å². The molecule has 0 aliphatic carbocycles. The van der Waals surface area contributed by atoms with E-state index in [1.54, 1.807) is 0 Å². The summed E-state index contributed by atoms with van der Waals surface area (Å²) in [6.07, 6.45) is 0.145. The molecule has 1 fully saturated rings. The van der Waals surface area contributed by atoms with Crippen LogP contribution in [0.3, 0.4) is 0 Å². The Morgan fingerprint density at radius 3 is 2.47 bits per heavy atom. The highest BCUT2D eigenvalue weighted by Crippen LogP contribution is 2.12. The van der Waals surface area contributed by atoms with Crippen LogP contribution in [0.25, 0.3) is 0 Å². The van der Waals surface area contributed by atoms with Crippen LogP contribution in [0.1, 0.15) is 6.42 Å². The van der Waals surface area contributed by atoms with Gasteiger partial charge in [0, 0.05) is 13.0 Å². The normalized spacial score (nSPS) is 18.8. The van der Waals surface area contributed by atoms with E-state index in [0.717, 1.165) is 4.90 Å². The van der Waals surface area contributed by atoms with Crippen LogP contribution < -0.4 is 5.32 Å². The molecule has 0 saturated carbocycles. The topological polar surface area (TPSA) is 97.0 Å². The number of hydrogen-bond acceptors (Lipinski definition) is 4. The Hall–Kier alpha value is -2.08. The summed E-state index contributed by atoms with van der Waals surface area (Å²) in [6, 6.07) is 3.63. The van der Waals surface area contributed by atoms with Crippen LogP contribution in [0.4, 0.5) is 0 Å². The first-order chi connectivity index (χ1) is 7.19. The fourth-order valence-electron chi connectivity index (χ4n) is 1.42. The van der Waals surface area contributed by atoms with E-state index in [9.17, 15) is 9.59 Å². The van der Waals surface area contributed by atoms with Gasteiger partial charge in [0.2, 0.25) is 11.8 Å². The van der Waals surface area contributed by atoms with Crippen molar-refractivity contribution in [1.29, 1.82) is 10.5 Å². The number of nitrogens with zero attached hydrogens (tertiary/aromatic N) is 3. The third kappa shape index (κ3) is 2.68. The largest absolute Gasteiger partial charge is 0.355 e. The minimum Gasteiger partial charge on any atom is -0.355 e. The van der Waals surface area contributed by atoms with Crippen molar-refractivity contribution in [3.63, 3.8) is 0 Å². The Labute approximate surface area is 87.1 Å². The SMILES string of the molecule is N#CCN(CC#N)C(=O)C1CNC(=O)C1. The van der Waals surface area contributed by atoms with E-state index in [2.05, 4.69) is 5.32 Å². The van der Waals surface area contributed by atoms with Crippen LogP contribution in [0.15, 0.2) is 0 Å². The van der Waals surface area contributed by atoms with Gasteiger partial charge in [0.25, 0.3) is 0 Å². The van der Waals surface area contributed by atoms with Gasteiger partial charge in [0.15, 0.2) is 0 Å². The van der Waals surface area contributed by atoms with Crippen LogP contribution in [-0.4, -0.2) is 36.3 Å². The number of carbonyl (C=O) groups excluding carboxylic acids is 2. The summed E-state index contributed by atoms with van der Waals surface area (Å²) in [5, 5.41) is 19.5. The fraction of sp³-hybridized carbons (Fsp3) is 0.556. The number of amides is 2. The Kier molecular flexibility index (Phi) is 3.64. The van der Waals surface area contributed by atoms with Crippen LogP contribution >= 0.6 is 0 Å². The first kappa shape index (κ1) is 11.0. The molecular weight excluding hydrogens is 196 g/mol. The predicted octanol–water partition coefficient (Wildman–Crippen LogP) is -1.00. The quantitative estimate of drug-likeness (QED) is 0.599. The molecule has 0 radical (unpaired) electrons. The first-order valence-electron chi connectivity index (χ1n) is 4.48. The van der Waals surface area contributed by atoms with Crippen molar-refractivity contribution in [3.8, 4) is 12.1 Å². The highest BCUT2D eigenvalue weighted by Gasteiger charge is 2.31. The number of nitriles is 2. The van der Waals surface area contributed by atoms with Gasteiger partial charge < -0.3 is 10.2 Å². The van der Waals surface area contributed by atoms with Gasteiger partial charge in [0.05, 0.1) is 18.1 Å². The summed E-state index contributed by atoms with van der Waals surface area (Å²) in [6.45, 7) is 0.0686. The number of rotatable bonds is 3. The molecule has 15 heavy (non-hydrogen) atoms. The highest BCUT2D eigenvalue weighted by molar-refractivity contribution is 5.89. The lowest BCUT2D eigenvalue weighted by Gasteiger charge is -2.18. The lowest BCUT2D eigenvalue weighted by Crippen LogP contribution is -2.37. The standard InChI is InChI=1S/C9H10N4O2/c10-1-3-13(4-2-11)9(15)7-5-8(14)12-6-7/h7H,3-6H2,(H,12,14). The second kappa shape index (κ2) is 4.97. The van der Waals surface area contributed by atoms with Gasteiger partial charge in [-0.05, 0) is 0 Å². The molecule has 1 aliphatic heterocycles. The van der Waals surface area contributed by atoms with Crippen molar-refractivity contribution in [2.75, 3.05) is 19.6 Å². The van der Waals surface area contributed by atoms with E-state index in [1.165, 1.54) is 0 Å². The summed E-state index contributed by atoms with van der Waals surface area (Å²) in [5.74, 6) is -0.905. The highest BCUT2D eigenvalue weighted by atomic mass is 16.2. The number of carbonyl (C=O) groups is 2. The minimum absolute atomic E-state index is 0.114. The number of nitrogens with one attached hydrogen (secondary N) is 1. The summed E-state index contributed by atoms with van der Waals surface area (Å²) < 4.78 is 0. The number of hydrogen-bond donors (Lipinski definition) is 1. The molecule has 1 heterocycles. The van der Waals surface area contributed by atoms with Gasteiger partial charge >= 0.3 is 0 Å². The smallest absolute Gasteiger partial charge is 0.229 e. The summed E-state index contributed by atoms with van der Waals surface area (Å²) in [4.78, 5) is 23.7. The molecule has 6 nitrogen and oxygen atoms in total. The maximum absolute atomic E-state index is 11.7. The zero-order valence-electron chi connectivity index (χ0n) is 8.06. The third-order valence-electron chi connectivity index (χ3n) is 2.16. The van der Waals surface area contributed by atoms with Gasteiger partial charge in [-0.3, -0.25) is 9.59 Å². The van der Waals surface area contributed by atoms with Crippen molar-refractivity contribution in [1.82, 2.24) is 10.2 Å². The molecule has 0 aromatic rings. The van der Waals surface area contributed by atoms with Gasteiger partial charge in [-0.1, -0.05) is 0 Å². The van der Waals surface area contributed by atoms with Gasteiger partial charge in [-0.25, -0.2) is 0 Å². The predicted molar refractivity (Wildman–Crippen MR) is 48.9 cm³/mol. The molecule has 2 amide bonds. The van der Waals surface area contributed by atoms with Crippen LogP contribution in [0.5, 0.6) is 0 Å². The van der Waals surface area contributed by atoms with E-state index in [0.29, 0.717) is 6.54 Å². The lowest BCUT2D eigenvalue weighted by atomic mass is 10.1. The van der Waals surface area contributed by atoms with Crippen molar-refractivity contribution in [2.45, 2.75) is 6.42 Å². The summed E-state index contributed by atoms with van der Waals surface area (Å²) in [7, 11) is 0. The zero-order chi connectivity index (χ0) is 11.3. The molecule has 1 aliphatic rings. The second-order valence-corrected chi connectivity index (χ2v) is 3.22. The Morgan fingerprint density at radius 1 is 1.47 bits per heavy atom. The van der Waals surface area contributed by atoms with Gasteiger partial charge in [0.1, 0.15) is 13.1 Å². The molecule has 0 aromatic heterocycles. The van der Waals surface area contributed by atoms with Gasteiger partial charge in [-0.15, -0.1) is 0 Å². The minimum atomic E-state index is -0.431. The Bertz CT molecular complexity index is 336. The molecule has 1 unspecified atom stereocenters. The average Bonchev–Trinajstić information content (AvgIpc) is 2.63. The molecule has 1 N–H and O–H groups in total. The fourth-order valence-corrected chi connectivity index (χ4v) is 1.42. The van der Waals surface area contributed by atoms with E-state index >= 15 is 0 Å². The summed E-state index contributed by atoms with van der Waals surface area (Å²) >= 11 is 0. The molecular formula is C9H10N4O2. The molecule has 0 aromatic carbocycles. The zero-order valence-corrected chi connectivity index (χ0v) is 8.06. The monoisotopic (exact) mass is 206 g/mol. The molecule has 6 heteroatoms. The molecule has 1 rings (SSSR count). The van der Waals surface area contributed by atoms with Gasteiger partial charge in [-0.2, -0.15) is 10.5 Å². The van der Waals surface area contributed by atoms with Crippen molar-refractivity contribution in [2.24, 2.45) is 5.92 Å². The summed E-state index contributed by atoms with van der Waals surface area (Å²) in [5.41, 5.74) is 0. The van der Waals surface area contributed by atoms with E-state index < -0.39 is 5.92 Å². The van der Waals surface area contributed by atoms with Crippen LogP contribution in [-0.2, 0) is 9.59 Å². The van der Waals surface area contributed by atoms with Crippen LogP contribution in [0, 0.1) is 28.6 Å². The third-order valence-corrected chi connectivity index (χ3v) is 2.16. The molecule has 1 saturated heterocycles. The lowest BCUT2D eigenvalue weighted by molar-refractivity contribution is -0.134. The van der Waals surface area contributed by atoms with Crippen molar-refractivity contribution < 1.29 is 9.59 Å². The van der Waals surface area contributed by atoms with Crippen molar-refractivity contribution in [3.05, 3.63) is 0 Å². The van der Waals surface area contributed by atoms with Crippen LogP contribution in [0.2, 0.25) is 0 Å². The Morgan fingerprint density at radius 2 is 2.07 bits per heavy atom. The van der Waals surface area contributed by atoms with E-state index in [-0.39, 0.29) is 31.3 Å². The molecule has 1 atom stereocenters. The molecule has 0 spiro atoms. The molecule has 78 valence electrons. The van der Waals surface area contributed by atoms with E-state index in [4.69, 9.17) is 10.5 Å². The second-order valence-electron chi connectivity index (χ2n) is 3.22. The van der Waals surface area contributed by atoms with Crippen molar-refractivity contribution >= 4 is 11.8 Å². The maximum Gasteiger partial charge on any atom is 0.229 e. The first-order valence-corrected chi connectivity index (χ1v) is 4.48. The Balaban J connectivity index is 2.60. The average molecular weight is 206 g/mol.